The topological polar surface area (TPSA) is 12.0 Å². The summed E-state index contributed by atoms with van der Waals surface area (Å²) in [6.45, 7) is 5.50. The Labute approximate surface area is 114 Å². The molecule has 2 aromatic rings. The molecule has 1 aromatic carbocycles. The lowest BCUT2D eigenvalue weighted by molar-refractivity contribution is 0.489. The van der Waals surface area contributed by atoms with E-state index in [1.54, 1.807) is 0 Å². The maximum atomic E-state index is 3.65. The third-order valence-electron chi connectivity index (χ3n) is 3.43. The molecule has 2 rings (SSSR count). The fourth-order valence-corrected chi connectivity index (χ4v) is 3.47. The van der Waals surface area contributed by atoms with Gasteiger partial charge in [0.2, 0.25) is 0 Å². The lowest BCUT2D eigenvalue weighted by Gasteiger charge is -2.19. The lowest BCUT2D eigenvalue weighted by atomic mass is 9.99. The van der Waals surface area contributed by atoms with Gasteiger partial charge in [0.25, 0.3) is 0 Å². The Bertz CT molecular complexity index is 475. The van der Waals surface area contributed by atoms with Crippen molar-refractivity contribution >= 4 is 21.4 Å². The summed E-state index contributed by atoms with van der Waals surface area (Å²) < 4.78 is 1.46. The molecule has 2 heteroatoms. The second-order valence-electron chi connectivity index (χ2n) is 4.79. The lowest BCUT2D eigenvalue weighted by Crippen LogP contribution is -2.20. The van der Waals surface area contributed by atoms with Crippen LogP contribution in [0.5, 0.6) is 0 Å². The first-order chi connectivity index (χ1) is 8.86. The maximum absolute atomic E-state index is 3.65. The molecule has 0 fully saturated rings. The SMILES string of the molecule is CCCCCC(NCC)c1cccc2ccsc12. The monoisotopic (exact) mass is 261 g/mol. The summed E-state index contributed by atoms with van der Waals surface area (Å²) in [6.07, 6.45) is 5.19. The Balaban J connectivity index is 2.20. The van der Waals surface area contributed by atoms with Gasteiger partial charge >= 0.3 is 0 Å². The molecule has 0 aliphatic heterocycles. The first-order valence-corrected chi connectivity index (χ1v) is 7.94. The Morgan fingerprint density at radius 3 is 2.83 bits per heavy atom. The number of thiophene rings is 1. The van der Waals surface area contributed by atoms with Crippen LogP contribution in [0.3, 0.4) is 0 Å². The van der Waals surface area contributed by atoms with E-state index in [-0.39, 0.29) is 0 Å². The molecule has 1 aromatic heterocycles. The zero-order valence-corrected chi connectivity index (χ0v) is 12.2. The summed E-state index contributed by atoms with van der Waals surface area (Å²) in [5.41, 5.74) is 1.49. The van der Waals surface area contributed by atoms with Crippen LogP contribution < -0.4 is 5.32 Å². The van der Waals surface area contributed by atoms with Crippen molar-refractivity contribution in [2.75, 3.05) is 6.54 Å². The molecule has 0 radical (unpaired) electrons. The Hall–Kier alpha value is -0.860. The van der Waals surface area contributed by atoms with Crippen molar-refractivity contribution in [3.63, 3.8) is 0 Å². The summed E-state index contributed by atoms with van der Waals surface area (Å²) in [4.78, 5) is 0. The van der Waals surface area contributed by atoms with Crippen LogP contribution in [-0.4, -0.2) is 6.54 Å². The van der Waals surface area contributed by atoms with Crippen LogP contribution >= 0.6 is 11.3 Å². The number of rotatable bonds is 7. The molecule has 1 unspecified atom stereocenters. The van der Waals surface area contributed by atoms with Gasteiger partial charge in [-0.3, -0.25) is 0 Å². The molecule has 0 saturated heterocycles. The van der Waals surface area contributed by atoms with E-state index in [0.29, 0.717) is 6.04 Å². The van der Waals surface area contributed by atoms with Gasteiger partial charge in [0.1, 0.15) is 0 Å². The number of benzene rings is 1. The van der Waals surface area contributed by atoms with E-state index in [0.717, 1.165) is 6.54 Å². The minimum atomic E-state index is 0.517. The number of unbranched alkanes of at least 4 members (excludes halogenated alkanes) is 2. The third kappa shape index (κ3) is 3.12. The van der Waals surface area contributed by atoms with E-state index in [1.165, 1.54) is 41.3 Å². The molecular weight excluding hydrogens is 238 g/mol. The highest BCUT2D eigenvalue weighted by atomic mass is 32.1. The molecule has 1 heterocycles. The van der Waals surface area contributed by atoms with Crippen LogP contribution in [0.15, 0.2) is 29.6 Å². The normalized spacial score (nSPS) is 13.0. The zero-order valence-electron chi connectivity index (χ0n) is 11.4. The minimum absolute atomic E-state index is 0.517. The van der Waals surface area contributed by atoms with Crippen molar-refractivity contribution in [1.29, 1.82) is 0 Å². The summed E-state index contributed by atoms with van der Waals surface area (Å²) in [5, 5.41) is 7.23. The molecule has 1 N–H and O–H groups in total. The van der Waals surface area contributed by atoms with Crippen LogP contribution in [0.2, 0.25) is 0 Å². The highest BCUT2D eigenvalue weighted by Gasteiger charge is 2.13. The standard InChI is InChI=1S/C16H23NS/c1-3-5-6-10-15(17-4-2)14-9-7-8-13-11-12-18-16(13)14/h7-9,11-12,15,17H,3-6,10H2,1-2H3. The molecule has 0 amide bonds. The molecule has 0 aliphatic rings. The predicted molar refractivity (Wildman–Crippen MR) is 82.4 cm³/mol. The van der Waals surface area contributed by atoms with E-state index in [4.69, 9.17) is 0 Å². The maximum Gasteiger partial charge on any atom is 0.0390 e. The fraction of sp³-hybridized carbons (Fsp3) is 0.500. The summed E-state index contributed by atoms with van der Waals surface area (Å²) in [6, 6.07) is 9.43. The second-order valence-corrected chi connectivity index (χ2v) is 5.71. The van der Waals surface area contributed by atoms with Gasteiger partial charge in [-0.25, -0.2) is 0 Å². The van der Waals surface area contributed by atoms with Gasteiger partial charge in [-0.2, -0.15) is 0 Å². The van der Waals surface area contributed by atoms with Gasteiger partial charge in [-0.15, -0.1) is 11.3 Å². The van der Waals surface area contributed by atoms with Gasteiger partial charge in [-0.05, 0) is 35.4 Å². The number of fused-ring (bicyclic) bond motifs is 1. The Morgan fingerprint density at radius 1 is 1.17 bits per heavy atom. The van der Waals surface area contributed by atoms with Gasteiger partial charge in [0, 0.05) is 10.7 Å². The molecule has 18 heavy (non-hydrogen) atoms. The minimum Gasteiger partial charge on any atom is -0.310 e. The molecule has 1 nitrogen and oxygen atoms in total. The molecule has 0 aliphatic carbocycles. The molecule has 0 spiro atoms. The molecule has 1 atom stereocenters. The van der Waals surface area contributed by atoms with E-state index >= 15 is 0 Å². The van der Waals surface area contributed by atoms with Crippen molar-refractivity contribution in [3.05, 3.63) is 35.2 Å². The number of hydrogen-bond acceptors (Lipinski definition) is 2. The fourth-order valence-electron chi connectivity index (χ4n) is 2.50. The number of hydrogen-bond donors (Lipinski definition) is 1. The van der Waals surface area contributed by atoms with Crippen molar-refractivity contribution in [2.24, 2.45) is 0 Å². The van der Waals surface area contributed by atoms with Gasteiger partial charge in [0.15, 0.2) is 0 Å². The van der Waals surface area contributed by atoms with E-state index in [2.05, 4.69) is 48.8 Å². The Kier molecular flexibility index (Phi) is 5.21. The van der Waals surface area contributed by atoms with Crippen LogP contribution in [0.1, 0.15) is 51.1 Å². The highest BCUT2D eigenvalue weighted by molar-refractivity contribution is 7.17. The third-order valence-corrected chi connectivity index (χ3v) is 4.41. The first-order valence-electron chi connectivity index (χ1n) is 7.06. The van der Waals surface area contributed by atoms with E-state index in [1.807, 2.05) is 11.3 Å². The van der Waals surface area contributed by atoms with Crippen molar-refractivity contribution < 1.29 is 0 Å². The average Bonchev–Trinajstić information content (AvgIpc) is 2.86. The van der Waals surface area contributed by atoms with Crippen LogP contribution in [0.4, 0.5) is 0 Å². The van der Waals surface area contributed by atoms with E-state index in [9.17, 15) is 0 Å². The van der Waals surface area contributed by atoms with Crippen molar-refractivity contribution in [3.8, 4) is 0 Å². The first kappa shape index (κ1) is 13.6. The number of nitrogens with one attached hydrogen (secondary N) is 1. The van der Waals surface area contributed by atoms with Crippen molar-refractivity contribution in [2.45, 2.75) is 45.6 Å². The van der Waals surface area contributed by atoms with Crippen molar-refractivity contribution in [1.82, 2.24) is 5.32 Å². The summed E-state index contributed by atoms with van der Waals surface area (Å²) >= 11 is 1.87. The van der Waals surface area contributed by atoms with Gasteiger partial charge in [0.05, 0.1) is 0 Å². The second kappa shape index (κ2) is 6.91. The molecule has 0 bridgehead atoms. The average molecular weight is 261 g/mol. The highest BCUT2D eigenvalue weighted by Crippen LogP contribution is 2.31. The zero-order chi connectivity index (χ0) is 12.8. The van der Waals surface area contributed by atoms with Crippen LogP contribution in [0.25, 0.3) is 10.1 Å². The summed E-state index contributed by atoms with van der Waals surface area (Å²) in [7, 11) is 0. The quantitative estimate of drug-likeness (QED) is 0.681. The molecule has 98 valence electrons. The molecular formula is C16H23NS. The largest absolute Gasteiger partial charge is 0.310 e. The predicted octanol–water partition coefficient (Wildman–Crippen LogP) is 5.13. The van der Waals surface area contributed by atoms with Crippen LogP contribution in [0, 0.1) is 0 Å². The van der Waals surface area contributed by atoms with Gasteiger partial charge < -0.3 is 5.32 Å². The molecule has 0 saturated carbocycles. The van der Waals surface area contributed by atoms with E-state index < -0.39 is 0 Å². The summed E-state index contributed by atoms with van der Waals surface area (Å²) in [5.74, 6) is 0. The Morgan fingerprint density at radius 2 is 2.06 bits per heavy atom. The van der Waals surface area contributed by atoms with Crippen LogP contribution in [-0.2, 0) is 0 Å². The van der Waals surface area contributed by atoms with Gasteiger partial charge in [-0.1, -0.05) is 51.3 Å². The smallest absolute Gasteiger partial charge is 0.0390 e.